The van der Waals surface area contributed by atoms with Gasteiger partial charge in [0.2, 0.25) is 0 Å². The van der Waals surface area contributed by atoms with E-state index >= 15 is 0 Å². The van der Waals surface area contributed by atoms with Crippen LogP contribution in [0.1, 0.15) is 34.8 Å². The first-order chi connectivity index (χ1) is 11.6. The highest BCUT2D eigenvalue weighted by molar-refractivity contribution is 7.08. The van der Waals surface area contributed by atoms with Crippen molar-refractivity contribution >= 4 is 29.0 Å². The number of halogens is 1. The Bertz CT molecular complexity index is 748. The number of nitrogens with one attached hydrogen (secondary N) is 1. The molecule has 0 aliphatic carbocycles. The summed E-state index contributed by atoms with van der Waals surface area (Å²) in [6, 6.07) is 5.54. The van der Waals surface area contributed by atoms with Crippen LogP contribution in [0.25, 0.3) is 0 Å². The number of hydrogen-bond donors (Lipinski definition) is 1. The van der Waals surface area contributed by atoms with E-state index in [1.165, 1.54) is 19.2 Å². The fourth-order valence-electron chi connectivity index (χ4n) is 2.87. The normalized spacial score (nSPS) is 16.9. The standard InChI is InChI=1S/C17H17FN2O3S/c1-23-16(21)11-4-5-14(13(18)9-11)19-17(22)20-7-2-3-15(20)12-6-8-24-10-12/h4-6,8-10,15H,2-3,7H2,1H3,(H,19,22). The predicted molar refractivity (Wildman–Crippen MR) is 89.8 cm³/mol. The van der Waals surface area contributed by atoms with E-state index in [-0.39, 0.29) is 23.3 Å². The van der Waals surface area contributed by atoms with E-state index in [9.17, 15) is 14.0 Å². The van der Waals surface area contributed by atoms with Crippen molar-refractivity contribution in [3.05, 3.63) is 52.0 Å². The highest BCUT2D eigenvalue weighted by Gasteiger charge is 2.30. The first kappa shape index (κ1) is 16.4. The van der Waals surface area contributed by atoms with Gasteiger partial charge in [-0.2, -0.15) is 11.3 Å². The molecular formula is C17H17FN2O3S. The Morgan fingerprint density at radius 1 is 1.38 bits per heavy atom. The summed E-state index contributed by atoms with van der Waals surface area (Å²) in [7, 11) is 1.23. The minimum absolute atomic E-state index is 0.0219. The number of nitrogens with zero attached hydrogens (tertiary/aromatic N) is 1. The molecule has 0 bridgehead atoms. The van der Waals surface area contributed by atoms with Crippen LogP contribution >= 0.6 is 11.3 Å². The van der Waals surface area contributed by atoms with Gasteiger partial charge in [0.15, 0.2) is 0 Å². The Labute approximate surface area is 143 Å². The van der Waals surface area contributed by atoms with E-state index < -0.39 is 11.8 Å². The summed E-state index contributed by atoms with van der Waals surface area (Å²) < 4.78 is 18.7. The zero-order valence-corrected chi connectivity index (χ0v) is 13.9. The van der Waals surface area contributed by atoms with Crippen molar-refractivity contribution < 1.29 is 18.7 Å². The molecule has 0 saturated carbocycles. The lowest BCUT2D eigenvalue weighted by Gasteiger charge is -2.24. The first-order valence-electron chi connectivity index (χ1n) is 7.57. The third-order valence-corrected chi connectivity index (χ3v) is 4.77. The molecule has 5 nitrogen and oxygen atoms in total. The van der Waals surface area contributed by atoms with Crippen molar-refractivity contribution in [2.45, 2.75) is 18.9 Å². The van der Waals surface area contributed by atoms with Crippen LogP contribution in [0, 0.1) is 5.82 Å². The Morgan fingerprint density at radius 2 is 2.21 bits per heavy atom. The third-order valence-electron chi connectivity index (χ3n) is 4.07. The second-order valence-electron chi connectivity index (χ2n) is 5.52. The average molecular weight is 348 g/mol. The second kappa shape index (κ2) is 7.00. The molecule has 2 heterocycles. The van der Waals surface area contributed by atoms with E-state index in [1.54, 1.807) is 16.2 Å². The fraction of sp³-hybridized carbons (Fsp3) is 0.294. The number of rotatable bonds is 3. The fourth-order valence-corrected chi connectivity index (χ4v) is 3.58. The molecule has 1 aliphatic heterocycles. The van der Waals surface area contributed by atoms with Gasteiger partial charge in [-0.1, -0.05) is 0 Å². The number of carbonyl (C=O) groups excluding carboxylic acids is 2. The number of hydrogen-bond acceptors (Lipinski definition) is 4. The van der Waals surface area contributed by atoms with E-state index in [2.05, 4.69) is 10.1 Å². The van der Waals surface area contributed by atoms with Gasteiger partial charge < -0.3 is 15.0 Å². The SMILES string of the molecule is COC(=O)c1ccc(NC(=O)N2CCCC2c2ccsc2)c(F)c1. The molecule has 1 unspecified atom stereocenters. The summed E-state index contributed by atoms with van der Waals surface area (Å²) >= 11 is 1.59. The molecule has 0 spiro atoms. The van der Waals surface area contributed by atoms with Crippen LogP contribution in [-0.4, -0.2) is 30.6 Å². The van der Waals surface area contributed by atoms with Crippen LogP contribution in [0.3, 0.4) is 0 Å². The van der Waals surface area contributed by atoms with Gasteiger partial charge >= 0.3 is 12.0 Å². The second-order valence-corrected chi connectivity index (χ2v) is 6.30. The van der Waals surface area contributed by atoms with E-state index in [4.69, 9.17) is 0 Å². The van der Waals surface area contributed by atoms with Crippen LogP contribution in [0.15, 0.2) is 35.0 Å². The summed E-state index contributed by atoms with van der Waals surface area (Å²) in [5.74, 6) is -1.29. The molecule has 1 aromatic carbocycles. The van der Waals surface area contributed by atoms with Gasteiger partial charge in [0, 0.05) is 6.54 Å². The molecule has 7 heteroatoms. The van der Waals surface area contributed by atoms with Gasteiger partial charge in [-0.15, -0.1) is 0 Å². The van der Waals surface area contributed by atoms with E-state index in [0.29, 0.717) is 6.54 Å². The monoisotopic (exact) mass is 348 g/mol. The van der Waals surface area contributed by atoms with Gasteiger partial charge in [0.1, 0.15) is 5.82 Å². The van der Waals surface area contributed by atoms with Crippen LogP contribution < -0.4 is 5.32 Å². The smallest absolute Gasteiger partial charge is 0.337 e. The van der Waals surface area contributed by atoms with Crippen LogP contribution in [0.2, 0.25) is 0 Å². The van der Waals surface area contributed by atoms with Crippen molar-refractivity contribution in [1.29, 1.82) is 0 Å². The number of urea groups is 1. The van der Waals surface area contributed by atoms with E-state index in [0.717, 1.165) is 24.5 Å². The Morgan fingerprint density at radius 3 is 2.88 bits per heavy atom. The zero-order chi connectivity index (χ0) is 17.1. The lowest BCUT2D eigenvalue weighted by Crippen LogP contribution is -2.34. The largest absolute Gasteiger partial charge is 0.465 e. The minimum atomic E-state index is -0.669. The number of amides is 2. The molecule has 1 aliphatic rings. The van der Waals surface area contributed by atoms with Crippen molar-refractivity contribution in [3.8, 4) is 0 Å². The molecule has 3 rings (SSSR count). The number of benzene rings is 1. The van der Waals surface area contributed by atoms with Gasteiger partial charge in [0.25, 0.3) is 0 Å². The molecule has 2 amide bonds. The van der Waals surface area contributed by atoms with Crippen molar-refractivity contribution in [2.24, 2.45) is 0 Å². The highest BCUT2D eigenvalue weighted by atomic mass is 32.1. The van der Waals surface area contributed by atoms with Crippen molar-refractivity contribution in [1.82, 2.24) is 4.90 Å². The number of methoxy groups -OCH3 is 1. The molecule has 2 aromatic rings. The number of carbonyl (C=O) groups is 2. The van der Waals surface area contributed by atoms with Gasteiger partial charge in [-0.3, -0.25) is 0 Å². The van der Waals surface area contributed by atoms with Gasteiger partial charge in [-0.05, 0) is 53.4 Å². The number of esters is 1. The van der Waals surface area contributed by atoms with Crippen LogP contribution in [-0.2, 0) is 4.74 Å². The Balaban J connectivity index is 1.74. The molecule has 1 fully saturated rings. The Hall–Kier alpha value is -2.41. The molecule has 24 heavy (non-hydrogen) atoms. The van der Waals surface area contributed by atoms with Crippen LogP contribution in [0.5, 0.6) is 0 Å². The Kier molecular flexibility index (Phi) is 4.80. The molecule has 1 aromatic heterocycles. The highest BCUT2D eigenvalue weighted by Crippen LogP contribution is 2.33. The molecule has 1 saturated heterocycles. The molecule has 126 valence electrons. The third kappa shape index (κ3) is 3.26. The lowest BCUT2D eigenvalue weighted by molar-refractivity contribution is 0.0600. The predicted octanol–water partition coefficient (Wildman–Crippen LogP) is 4.04. The maximum absolute atomic E-state index is 14.1. The molecule has 1 atom stereocenters. The van der Waals surface area contributed by atoms with Crippen molar-refractivity contribution in [3.63, 3.8) is 0 Å². The molecule has 1 N–H and O–H groups in total. The minimum Gasteiger partial charge on any atom is -0.465 e. The number of likely N-dealkylation sites (tertiary alicyclic amines) is 1. The van der Waals surface area contributed by atoms with Gasteiger partial charge in [-0.25, -0.2) is 14.0 Å². The summed E-state index contributed by atoms with van der Waals surface area (Å²) in [6.07, 6.45) is 1.81. The summed E-state index contributed by atoms with van der Waals surface area (Å²) in [5.41, 5.74) is 1.25. The quantitative estimate of drug-likeness (QED) is 0.852. The lowest BCUT2D eigenvalue weighted by atomic mass is 10.1. The summed E-state index contributed by atoms with van der Waals surface area (Å²) in [6.45, 7) is 0.633. The number of anilines is 1. The first-order valence-corrected chi connectivity index (χ1v) is 8.52. The van der Waals surface area contributed by atoms with Gasteiger partial charge in [0.05, 0.1) is 24.4 Å². The zero-order valence-electron chi connectivity index (χ0n) is 13.1. The maximum atomic E-state index is 14.1. The number of ether oxygens (including phenoxy) is 1. The van der Waals surface area contributed by atoms with Crippen molar-refractivity contribution in [2.75, 3.05) is 19.0 Å². The molecule has 0 radical (unpaired) electrons. The number of thiophene rings is 1. The average Bonchev–Trinajstić information content (AvgIpc) is 3.26. The van der Waals surface area contributed by atoms with E-state index in [1.807, 2.05) is 16.8 Å². The van der Waals surface area contributed by atoms with Crippen LogP contribution in [0.4, 0.5) is 14.9 Å². The topological polar surface area (TPSA) is 58.6 Å². The maximum Gasteiger partial charge on any atom is 0.337 e. The summed E-state index contributed by atoms with van der Waals surface area (Å²) in [5, 5.41) is 6.60. The summed E-state index contributed by atoms with van der Waals surface area (Å²) in [4.78, 5) is 25.6. The molecular weight excluding hydrogens is 331 g/mol.